The van der Waals surface area contributed by atoms with Gasteiger partial charge in [0.25, 0.3) is 5.69 Å². The number of morpholine rings is 1. The van der Waals surface area contributed by atoms with Crippen molar-refractivity contribution in [2.75, 3.05) is 49.2 Å². The number of benzene rings is 5. The van der Waals surface area contributed by atoms with Gasteiger partial charge in [0, 0.05) is 61.8 Å². The van der Waals surface area contributed by atoms with Gasteiger partial charge in [0.2, 0.25) is 17.8 Å². The lowest BCUT2D eigenvalue weighted by Crippen LogP contribution is -2.59. The molecule has 4 aliphatic heterocycles. The molecule has 18 nitrogen and oxygen atoms in total. The molecule has 1 spiro atoms. The summed E-state index contributed by atoms with van der Waals surface area (Å²) in [5.41, 5.74) is -0.893. The summed E-state index contributed by atoms with van der Waals surface area (Å²) < 4.78 is 19.0. The van der Waals surface area contributed by atoms with Gasteiger partial charge in [-0.15, -0.1) is 0 Å². The van der Waals surface area contributed by atoms with Crippen LogP contribution in [0, 0.1) is 27.9 Å². The van der Waals surface area contributed by atoms with Crippen molar-refractivity contribution in [2.45, 2.75) is 80.4 Å². The number of hydrogen-bond donors (Lipinski definition) is 2. The average Bonchev–Trinajstić information content (AvgIpc) is 2.92. The maximum atomic E-state index is 17.0. The first-order valence-electron chi connectivity index (χ1n) is 26.4. The van der Waals surface area contributed by atoms with Crippen LogP contribution >= 0.6 is 0 Å². The highest BCUT2D eigenvalue weighted by Crippen LogP contribution is 2.67. The van der Waals surface area contributed by atoms with Gasteiger partial charge in [-0.2, -0.15) is 0 Å². The smallest absolute Gasteiger partial charge is 0.421 e. The van der Waals surface area contributed by atoms with Gasteiger partial charge in [0.1, 0.15) is 42.1 Å². The van der Waals surface area contributed by atoms with Gasteiger partial charge in [0.05, 0.1) is 35.2 Å². The van der Waals surface area contributed by atoms with E-state index >= 15 is 19.2 Å². The number of piperazine rings is 1. The quantitative estimate of drug-likeness (QED) is 0.0421. The zero-order chi connectivity index (χ0) is 54.0. The number of anilines is 2. The summed E-state index contributed by atoms with van der Waals surface area (Å²) in [5, 5.41) is 33.6. The van der Waals surface area contributed by atoms with Gasteiger partial charge in [-0.3, -0.25) is 29.4 Å². The average molecular weight is 1050 g/mol. The predicted molar refractivity (Wildman–Crippen MR) is 285 cm³/mol. The van der Waals surface area contributed by atoms with E-state index < -0.39 is 70.0 Å². The third-order valence-electron chi connectivity index (χ3n) is 15.8. The number of carbonyl (C=O) groups excluding carboxylic acids is 4. The second-order valence-corrected chi connectivity index (χ2v) is 20.3. The minimum absolute atomic E-state index is 0.0686. The fraction of sp³-hybridized carbons (Fsp3) is 0.333. The van der Waals surface area contributed by atoms with Crippen LogP contribution in [-0.4, -0.2) is 110 Å². The molecule has 5 heterocycles. The number of ether oxygens (including phenoxy) is 3. The molecule has 1 saturated carbocycles. The van der Waals surface area contributed by atoms with E-state index in [0.29, 0.717) is 59.7 Å². The lowest BCUT2D eigenvalue weighted by atomic mass is 9.64. The Bertz CT molecular complexity index is 3270. The first-order chi connectivity index (χ1) is 38.0. The number of esters is 1. The van der Waals surface area contributed by atoms with Crippen molar-refractivity contribution < 1.29 is 48.5 Å². The summed E-state index contributed by atoms with van der Waals surface area (Å²) in [7, 11) is 0. The van der Waals surface area contributed by atoms with E-state index in [1.807, 2.05) is 70.5 Å². The van der Waals surface area contributed by atoms with Gasteiger partial charge < -0.3 is 34.2 Å². The van der Waals surface area contributed by atoms with Crippen molar-refractivity contribution in [1.29, 1.82) is 0 Å². The van der Waals surface area contributed by atoms with Crippen LogP contribution in [0.15, 0.2) is 146 Å². The highest BCUT2D eigenvalue weighted by Gasteiger charge is 2.76. The van der Waals surface area contributed by atoms with E-state index in [0.717, 1.165) is 30.6 Å². The number of non-ortho nitro benzene ring substituents is 1. The molecule has 3 amide bonds. The van der Waals surface area contributed by atoms with E-state index in [-0.39, 0.29) is 55.6 Å². The van der Waals surface area contributed by atoms with Crippen LogP contribution in [-0.2, 0) is 35.9 Å². The number of nitro groups is 1. The normalized spacial score (nSPS) is 23.6. The van der Waals surface area contributed by atoms with Crippen molar-refractivity contribution >= 4 is 41.2 Å². The number of imide groups is 1. The Labute approximate surface area is 450 Å². The van der Waals surface area contributed by atoms with Crippen LogP contribution in [0.2, 0.25) is 0 Å². The minimum Gasteiger partial charge on any atom is -0.491 e. The molecule has 0 bridgehead atoms. The summed E-state index contributed by atoms with van der Waals surface area (Å²) in [4.78, 5) is 90.7. The number of aliphatic hydroxyl groups is 2. The van der Waals surface area contributed by atoms with Gasteiger partial charge in [-0.1, -0.05) is 104 Å². The number of nitro benzene ring substituents is 1. The molecule has 1 aromatic heterocycles. The predicted octanol–water partition coefficient (Wildman–Crippen LogP) is 7.54. The molecule has 2 N–H and O–H groups in total. The van der Waals surface area contributed by atoms with Crippen LogP contribution in [0.25, 0.3) is 0 Å². The zero-order valence-corrected chi connectivity index (χ0v) is 42.6. The van der Waals surface area contributed by atoms with Gasteiger partial charge in [0.15, 0.2) is 0 Å². The van der Waals surface area contributed by atoms with E-state index in [4.69, 9.17) is 14.2 Å². The fourth-order valence-electron chi connectivity index (χ4n) is 12.2. The topological polar surface area (TPSA) is 218 Å². The first-order valence-corrected chi connectivity index (χ1v) is 26.4. The van der Waals surface area contributed by atoms with E-state index in [9.17, 15) is 20.3 Å². The number of nitrogens with zero attached hydrogens (tertiary/aromatic N) is 7. The highest BCUT2D eigenvalue weighted by atomic mass is 16.6. The Kier molecular flexibility index (Phi) is 14.5. The van der Waals surface area contributed by atoms with E-state index in [1.165, 1.54) is 24.3 Å². The van der Waals surface area contributed by atoms with Crippen LogP contribution in [0.4, 0.5) is 22.1 Å². The summed E-state index contributed by atoms with van der Waals surface area (Å²) >= 11 is 0. The third-order valence-corrected chi connectivity index (χ3v) is 15.8. The Morgan fingerprint density at radius 2 is 1.46 bits per heavy atom. The number of amides is 3. The largest absolute Gasteiger partial charge is 0.491 e. The minimum atomic E-state index is -2.20. The lowest BCUT2D eigenvalue weighted by Gasteiger charge is -2.46. The Morgan fingerprint density at radius 1 is 0.795 bits per heavy atom. The number of rotatable bonds is 11. The highest BCUT2D eigenvalue weighted by molar-refractivity contribution is 6.23. The van der Waals surface area contributed by atoms with Crippen molar-refractivity contribution in [3.8, 4) is 17.6 Å². The molecule has 4 fully saturated rings. The molecule has 0 unspecified atom stereocenters. The van der Waals surface area contributed by atoms with Crippen molar-refractivity contribution in [3.05, 3.63) is 189 Å². The standard InChI is InChI=1S/C60H57N7O11/c68-36-37-76-48-19-10-9-18-45(48)53-60(46-38-40(26-29-59(73)27-11-1-2-12-28-59)22-25-47(46)65(56(60)71)58(72)77-39-41-20-23-44(24-21-41)67(74)75)49(54(69)63-32-34-64(35-33-63)57-61-30-13-31-62-57)51-55(70)78-52(43-16-7-4-8-17-43)50(66(51)53)42-14-5-3-6-15-42/h3-10,13-25,30-31,38,49-53,68,73H,1-2,11-12,27-28,32-37,39H2/t49-,50-,51-,52+,53+,60-/m0/s1. The second-order valence-electron chi connectivity index (χ2n) is 20.3. The number of hydrogen-bond acceptors (Lipinski definition) is 15. The first kappa shape index (κ1) is 51.6. The summed E-state index contributed by atoms with van der Waals surface area (Å²) in [5.74, 6) is 3.30. The molecular weight excluding hydrogens is 995 g/mol. The van der Waals surface area contributed by atoms with Crippen LogP contribution in [0.3, 0.4) is 0 Å². The number of cyclic esters (lactones) is 1. The molecule has 6 aromatic rings. The Hall–Kier alpha value is -8.50. The molecule has 0 radical (unpaired) electrons. The maximum absolute atomic E-state index is 17.0. The molecule has 398 valence electrons. The van der Waals surface area contributed by atoms with Crippen LogP contribution < -0.4 is 14.5 Å². The summed E-state index contributed by atoms with van der Waals surface area (Å²) in [6, 6.07) is 34.1. The molecule has 5 aromatic carbocycles. The number of carbonyl (C=O) groups is 4. The number of aromatic nitrogens is 2. The molecule has 78 heavy (non-hydrogen) atoms. The van der Waals surface area contributed by atoms with Crippen molar-refractivity contribution in [2.24, 2.45) is 5.92 Å². The van der Waals surface area contributed by atoms with Gasteiger partial charge in [-0.05, 0) is 90.4 Å². The summed E-state index contributed by atoms with van der Waals surface area (Å²) in [6.07, 6.45) is 5.63. The monoisotopic (exact) mass is 1050 g/mol. The summed E-state index contributed by atoms with van der Waals surface area (Å²) in [6.45, 7) is 0.0136. The fourth-order valence-corrected chi connectivity index (χ4v) is 12.2. The van der Waals surface area contributed by atoms with Crippen molar-refractivity contribution in [1.82, 2.24) is 19.8 Å². The molecule has 18 heteroatoms. The molecular formula is C60H57N7O11. The third kappa shape index (κ3) is 9.47. The Morgan fingerprint density at radius 3 is 2.14 bits per heavy atom. The van der Waals surface area contributed by atoms with Crippen LogP contribution in [0.5, 0.6) is 5.75 Å². The maximum Gasteiger partial charge on any atom is 0.421 e. The van der Waals surface area contributed by atoms with Crippen LogP contribution in [0.1, 0.15) is 90.1 Å². The van der Waals surface area contributed by atoms with Gasteiger partial charge >= 0.3 is 12.1 Å². The van der Waals surface area contributed by atoms with E-state index in [2.05, 4.69) is 21.8 Å². The molecule has 3 saturated heterocycles. The molecule has 6 atom stereocenters. The molecule has 1 aliphatic carbocycles. The SMILES string of the molecule is O=C1O[C@H](c2ccccc2)[C@H](c2ccccc2)N2[C@H]1[C@@H](C(=O)N1CCN(c3ncccn3)CC1)[C@]1(C(=O)N(C(=O)OCc3ccc([N+](=O)[O-])cc3)c3ccc(C#CC4(O)CCCCCC4)cc31)[C@H]2c1ccccc1OCCO. The van der Waals surface area contributed by atoms with E-state index in [1.54, 1.807) is 65.8 Å². The molecule has 11 rings (SSSR count). The van der Waals surface area contributed by atoms with Gasteiger partial charge in [-0.25, -0.2) is 19.7 Å². The Balaban J connectivity index is 1.16. The number of para-hydroxylation sites is 1. The lowest BCUT2D eigenvalue weighted by molar-refractivity contribution is -0.384. The molecule has 5 aliphatic rings. The van der Waals surface area contributed by atoms with Crippen molar-refractivity contribution in [3.63, 3.8) is 0 Å². The number of fused-ring (bicyclic) bond motifs is 3. The number of aliphatic hydroxyl groups excluding tert-OH is 1. The second kappa shape index (κ2) is 21.9. The zero-order valence-electron chi connectivity index (χ0n) is 42.6.